The molecule has 0 atom stereocenters. The highest BCUT2D eigenvalue weighted by Gasteiger charge is 2.51. The van der Waals surface area contributed by atoms with Gasteiger partial charge in [-0.15, -0.1) is 0 Å². The number of anilines is 1. The molecule has 27 heavy (non-hydrogen) atoms. The molecule has 1 aromatic carbocycles. The molecule has 0 aromatic heterocycles. The smallest absolute Gasteiger partial charge is 0.242 e. The van der Waals surface area contributed by atoms with Crippen LogP contribution in [0.15, 0.2) is 23.1 Å². The SMILES string of the molecule is Cc1ccc(NC(=O)CC23CC4CC(CC(C4)C2)C3)cc1S(=O)(=O)N(C)C. The Morgan fingerprint density at radius 1 is 1.11 bits per heavy atom. The second kappa shape index (κ2) is 6.59. The predicted molar refractivity (Wildman–Crippen MR) is 106 cm³/mol. The molecule has 4 aliphatic carbocycles. The lowest BCUT2D eigenvalue weighted by atomic mass is 9.49. The van der Waals surface area contributed by atoms with Crippen LogP contribution in [0.1, 0.15) is 50.5 Å². The summed E-state index contributed by atoms with van der Waals surface area (Å²) < 4.78 is 26.2. The second-order valence-electron chi connectivity index (χ2n) is 9.41. The molecule has 0 spiro atoms. The normalized spacial score (nSPS) is 32.1. The number of benzene rings is 1. The third-order valence-corrected chi connectivity index (χ3v) is 8.89. The van der Waals surface area contributed by atoms with Crippen molar-refractivity contribution < 1.29 is 13.2 Å². The molecule has 4 fully saturated rings. The first-order valence-electron chi connectivity index (χ1n) is 10.00. The lowest BCUT2D eigenvalue weighted by Gasteiger charge is -2.56. The molecule has 0 radical (unpaired) electrons. The number of amides is 1. The summed E-state index contributed by atoms with van der Waals surface area (Å²) in [4.78, 5) is 13.1. The van der Waals surface area contributed by atoms with E-state index in [9.17, 15) is 13.2 Å². The van der Waals surface area contributed by atoms with E-state index < -0.39 is 10.0 Å². The third-order valence-electron chi connectivity index (χ3n) is 6.93. The van der Waals surface area contributed by atoms with Gasteiger partial charge in [-0.2, -0.15) is 0 Å². The zero-order valence-electron chi connectivity index (χ0n) is 16.5. The summed E-state index contributed by atoms with van der Waals surface area (Å²) in [5.74, 6) is 2.48. The number of nitrogens with one attached hydrogen (secondary N) is 1. The molecule has 6 heteroatoms. The summed E-state index contributed by atoms with van der Waals surface area (Å²) in [7, 11) is -0.486. The fourth-order valence-electron chi connectivity index (χ4n) is 6.20. The Labute approximate surface area is 162 Å². The van der Waals surface area contributed by atoms with Crippen LogP contribution >= 0.6 is 0 Å². The highest BCUT2D eigenvalue weighted by Crippen LogP contribution is 2.61. The number of carbonyl (C=O) groups excluding carboxylic acids is 1. The standard InChI is InChI=1S/C21H30N2O3S/c1-14-4-5-18(9-19(14)27(25,26)23(2)3)22-20(24)13-21-10-15-6-16(11-21)8-17(7-15)12-21/h4-5,9,15-17H,6-8,10-13H2,1-3H3,(H,22,24). The van der Waals surface area contributed by atoms with E-state index in [2.05, 4.69) is 5.32 Å². The molecule has 4 bridgehead atoms. The number of hydrogen-bond donors (Lipinski definition) is 1. The monoisotopic (exact) mass is 390 g/mol. The van der Waals surface area contributed by atoms with Crippen LogP contribution in [-0.4, -0.2) is 32.7 Å². The van der Waals surface area contributed by atoms with Crippen LogP contribution in [0.3, 0.4) is 0 Å². The quantitative estimate of drug-likeness (QED) is 0.832. The molecular formula is C21H30N2O3S. The molecule has 0 saturated heterocycles. The number of aryl methyl sites for hydroxylation is 1. The predicted octanol–water partition coefficient (Wildman–Crippen LogP) is 3.79. The minimum atomic E-state index is -3.53. The highest BCUT2D eigenvalue weighted by molar-refractivity contribution is 7.89. The third kappa shape index (κ3) is 3.54. The van der Waals surface area contributed by atoms with Gasteiger partial charge in [-0.3, -0.25) is 4.79 Å². The van der Waals surface area contributed by atoms with Gasteiger partial charge in [0.25, 0.3) is 0 Å². The zero-order chi connectivity index (χ0) is 19.4. The van der Waals surface area contributed by atoms with Crippen molar-refractivity contribution in [3.63, 3.8) is 0 Å². The maximum Gasteiger partial charge on any atom is 0.242 e. The average molecular weight is 391 g/mol. The average Bonchev–Trinajstić information content (AvgIpc) is 2.54. The van der Waals surface area contributed by atoms with Crippen molar-refractivity contribution in [1.82, 2.24) is 4.31 Å². The van der Waals surface area contributed by atoms with E-state index in [0.717, 1.165) is 17.8 Å². The van der Waals surface area contributed by atoms with E-state index in [1.165, 1.54) is 56.9 Å². The lowest BCUT2D eigenvalue weighted by molar-refractivity contribution is -0.124. The maximum atomic E-state index is 12.8. The van der Waals surface area contributed by atoms with Crippen LogP contribution in [0, 0.1) is 30.1 Å². The largest absolute Gasteiger partial charge is 0.326 e. The Balaban J connectivity index is 1.49. The highest BCUT2D eigenvalue weighted by atomic mass is 32.2. The van der Waals surface area contributed by atoms with Crippen LogP contribution in [0.2, 0.25) is 0 Å². The summed E-state index contributed by atoms with van der Waals surface area (Å²) in [6.07, 6.45) is 8.25. The topological polar surface area (TPSA) is 66.5 Å². The van der Waals surface area contributed by atoms with E-state index in [4.69, 9.17) is 0 Å². The molecule has 5 rings (SSSR count). The molecule has 0 heterocycles. The molecule has 5 nitrogen and oxygen atoms in total. The molecule has 1 aromatic rings. The minimum absolute atomic E-state index is 0.0222. The van der Waals surface area contributed by atoms with Gasteiger partial charge in [0, 0.05) is 26.2 Å². The first kappa shape index (κ1) is 18.9. The van der Waals surface area contributed by atoms with Crippen molar-refractivity contribution in [3.8, 4) is 0 Å². The van der Waals surface area contributed by atoms with Gasteiger partial charge in [0.15, 0.2) is 0 Å². The second-order valence-corrected chi connectivity index (χ2v) is 11.5. The number of carbonyl (C=O) groups is 1. The Kier molecular flexibility index (Phi) is 4.62. The number of hydrogen-bond acceptors (Lipinski definition) is 3. The summed E-state index contributed by atoms with van der Waals surface area (Å²) in [5.41, 5.74) is 1.43. The van der Waals surface area contributed by atoms with Crippen molar-refractivity contribution in [2.75, 3.05) is 19.4 Å². The van der Waals surface area contributed by atoms with Gasteiger partial charge in [0.2, 0.25) is 15.9 Å². The molecule has 148 valence electrons. The van der Waals surface area contributed by atoms with Gasteiger partial charge in [-0.1, -0.05) is 6.07 Å². The summed E-state index contributed by atoms with van der Waals surface area (Å²) in [5, 5.41) is 2.97. The van der Waals surface area contributed by atoms with Crippen LogP contribution in [-0.2, 0) is 14.8 Å². The minimum Gasteiger partial charge on any atom is -0.326 e. The molecule has 1 N–H and O–H groups in total. The lowest BCUT2D eigenvalue weighted by Crippen LogP contribution is -2.47. The molecule has 0 aliphatic heterocycles. The van der Waals surface area contributed by atoms with Crippen molar-refractivity contribution in [3.05, 3.63) is 23.8 Å². The van der Waals surface area contributed by atoms with Crippen LogP contribution in [0.5, 0.6) is 0 Å². The summed E-state index contributed by atoms with van der Waals surface area (Å²) in [6, 6.07) is 5.14. The van der Waals surface area contributed by atoms with E-state index in [0.29, 0.717) is 17.7 Å². The van der Waals surface area contributed by atoms with Crippen LogP contribution in [0.25, 0.3) is 0 Å². The van der Waals surface area contributed by atoms with Gasteiger partial charge < -0.3 is 5.32 Å². The fraction of sp³-hybridized carbons (Fsp3) is 0.667. The maximum absolute atomic E-state index is 12.8. The number of sulfonamides is 1. The van der Waals surface area contributed by atoms with Crippen molar-refractivity contribution in [2.24, 2.45) is 23.2 Å². The molecular weight excluding hydrogens is 360 g/mol. The summed E-state index contributed by atoms with van der Waals surface area (Å²) >= 11 is 0. The number of nitrogens with zero attached hydrogens (tertiary/aromatic N) is 1. The van der Waals surface area contributed by atoms with E-state index in [1.807, 2.05) is 0 Å². The first-order valence-corrected chi connectivity index (χ1v) is 11.4. The molecule has 1 amide bonds. The molecule has 4 aliphatic rings. The molecule has 0 unspecified atom stereocenters. The van der Waals surface area contributed by atoms with Gasteiger partial charge in [0.1, 0.15) is 0 Å². The van der Waals surface area contributed by atoms with Crippen molar-refractivity contribution in [1.29, 1.82) is 0 Å². The van der Waals surface area contributed by atoms with Gasteiger partial charge in [-0.25, -0.2) is 12.7 Å². The van der Waals surface area contributed by atoms with E-state index in [-0.39, 0.29) is 16.2 Å². The Bertz CT molecular complexity index is 825. The number of rotatable bonds is 5. The van der Waals surface area contributed by atoms with Gasteiger partial charge in [0.05, 0.1) is 4.90 Å². The Hall–Kier alpha value is -1.40. The van der Waals surface area contributed by atoms with Crippen molar-refractivity contribution in [2.45, 2.75) is 56.8 Å². The first-order chi connectivity index (χ1) is 12.7. The zero-order valence-corrected chi connectivity index (χ0v) is 17.3. The van der Waals surface area contributed by atoms with E-state index >= 15 is 0 Å². The Morgan fingerprint density at radius 2 is 1.67 bits per heavy atom. The molecule has 4 saturated carbocycles. The van der Waals surface area contributed by atoms with Crippen molar-refractivity contribution >= 4 is 21.6 Å². The van der Waals surface area contributed by atoms with Gasteiger partial charge >= 0.3 is 0 Å². The Morgan fingerprint density at radius 3 is 2.19 bits per heavy atom. The van der Waals surface area contributed by atoms with E-state index in [1.54, 1.807) is 25.1 Å². The fourth-order valence-corrected chi connectivity index (χ4v) is 7.35. The van der Waals surface area contributed by atoms with Gasteiger partial charge in [-0.05, 0) is 86.3 Å². The van der Waals surface area contributed by atoms with Crippen LogP contribution in [0.4, 0.5) is 5.69 Å². The summed E-state index contributed by atoms with van der Waals surface area (Å²) in [6.45, 7) is 1.78. The van der Waals surface area contributed by atoms with Crippen LogP contribution < -0.4 is 5.32 Å².